The monoisotopic (exact) mass is 393 g/mol. The molecular weight excluding hydrogens is 373 g/mol. The summed E-state index contributed by atoms with van der Waals surface area (Å²) < 4.78 is 43.2. The number of hydrogen-bond donors (Lipinski definition) is 1. The zero-order valence-electron chi connectivity index (χ0n) is 15.1. The van der Waals surface area contributed by atoms with E-state index < -0.39 is 22.5 Å². The second-order valence-electron chi connectivity index (χ2n) is 5.71. The van der Waals surface area contributed by atoms with Crippen molar-refractivity contribution in [2.24, 2.45) is 5.10 Å². The van der Waals surface area contributed by atoms with Gasteiger partial charge >= 0.3 is 0 Å². The summed E-state index contributed by atoms with van der Waals surface area (Å²) in [5.41, 5.74) is 3.70. The number of sulfonamides is 1. The van der Waals surface area contributed by atoms with Crippen LogP contribution in [-0.4, -0.2) is 39.9 Å². The van der Waals surface area contributed by atoms with E-state index in [1.165, 1.54) is 37.4 Å². The van der Waals surface area contributed by atoms with Crippen molar-refractivity contribution < 1.29 is 22.3 Å². The molecule has 0 saturated heterocycles. The lowest BCUT2D eigenvalue weighted by Crippen LogP contribution is -2.39. The van der Waals surface area contributed by atoms with Crippen molar-refractivity contribution in [2.45, 2.75) is 6.92 Å². The van der Waals surface area contributed by atoms with Gasteiger partial charge in [0.1, 0.15) is 18.1 Å². The average molecular weight is 393 g/mol. The largest absolute Gasteiger partial charge is 0.497 e. The number of halogens is 1. The maximum atomic E-state index is 13.0. The lowest BCUT2D eigenvalue weighted by atomic mass is 10.1. The molecule has 0 atom stereocenters. The van der Waals surface area contributed by atoms with Crippen molar-refractivity contribution in [1.82, 2.24) is 5.43 Å². The number of anilines is 1. The predicted molar refractivity (Wildman–Crippen MR) is 102 cm³/mol. The second kappa shape index (κ2) is 8.63. The number of hydrogen-bond acceptors (Lipinski definition) is 5. The number of amides is 1. The topological polar surface area (TPSA) is 88.1 Å². The van der Waals surface area contributed by atoms with Crippen molar-refractivity contribution in [3.05, 3.63) is 59.9 Å². The highest BCUT2D eigenvalue weighted by molar-refractivity contribution is 7.92. The molecule has 0 aliphatic heterocycles. The van der Waals surface area contributed by atoms with E-state index in [0.717, 1.165) is 10.6 Å². The Balaban J connectivity index is 2.14. The van der Waals surface area contributed by atoms with Crippen LogP contribution in [0.3, 0.4) is 0 Å². The first-order valence-electron chi connectivity index (χ1n) is 7.91. The van der Waals surface area contributed by atoms with Gasteiger partial charge in [-0.25, -0.2) is 18.2 Å². The Kier molecular flexibility index (Phi) is 6.51. The van der Waals surface area contributed by atoms with E-state index in [4.69, 9.17) is 4.74 Å². The zero-order valence-corrected chi connectivity index (χ0v) is 16.0. The number of benzene rings is 2. The zero-order chi connectivity index (χ0) is 20.0. The number of ether oxygens (including phenoxy) is 1. The Morgan fingerprint density at radius 3 is 2.48 bits per heavy atom. The molecule has 9 heteroatoms. The molecule has 2 aromatic carbocycles. The Morgan fingerprint density at radius 1 is 1.22 bits per heavy atom. The summed E-state index contributed by atoms with van der Waals surface area (Å²) in [6.45, 7) is 1.19. The van der Waals surface area contributed by atoms with Crippen molar-refractivity contribution >= 4 is 27.3 Å². The third-order valence-electron chi connectivity index (χ3n) is 3.64. The molecule has 7 nitrogen and oxygen atoms in total. The van der Waals surface area contributed by atoms with E-state index >= 15 is 0 Å². The highest BCUT2D eigenvalue weighted by atomic mass is 32.2. The van der Waals surface area contributed by atoms with Gasteiger partial charge in [0.2, 0.25) is 10.0 Å². The summed E-state index contributed by atoms with van der Waals surface area (Å²) in [6, 6.07) is 12.0. The van der Waals surface area contributed by atoms with Crippen LogP contribution in [0.4, 0.5) is 10.1 Å². The van der Waals surface area contributed by atoms with Crippen LogP contribution in [0.15, 0.2) is 53.6 Å². The van der Waals surface area contributed by atoms with E-state index in [-0.39, 0.29) is 5.82 Å². The molecule has 0 spiro atoms. The average Bonchev–Trinajstić information content (AvgIpc) is 2.63. The van der Waals surface area contributed by atoms with Gasteiger partial charge in [0, 0.05) is 6.07 Å². The first-order chi connectivity index (χ1) is 12.7. The number of carbonyl (C=O) groups excluding carboxylic acids is 1. The van der Waals surface area contributed by atoms with Gasteiger partial charge in [-0.2, -0.15) is 5.10 Å². The summed E-state index contributed by atoms with van der Waals surface area (Å²) in [4.78, 5) is 12.2. The fourth-order valence-corrected chi connectivity index (χ4v) is 3.08. The maximum absolute atomic E-state index is 13.0. The normalized spacial score (nSPS) is 11.8. The predicted octanol–water partition coefficient (Wildman–Crippen LogP) is 2.14. The number of rotatable bonds is 7. The standard InChI is InChI=1S/C18H20FN3O4S/c1-13(14-7-9-15(19)10-8-14)20-21-18(23)12-22(27(3,24)25)16-5-4-6-17(11-16)26-2/h4-11H,12H2,1-3H3,(H,21,23)/b20-13-. The molecule has 1 N–H and O–H groups in total. The summed E-state index contributed by atoms with van der Waals surface area (Å²) in [7, 11) is -2.24. The van der Waals surface area contributed by atoms with Crippen molar-refractivity contribution in [2.75, 3.05) is 24.2 Å². The van der Waals surface area contributed by atoms with Crippen LogP contribution in [0.1, 0.15) is 12.5 Å². The molecule has 2 rings (SSSR count). The van der Waals surface area contributed by atoms with Gasteiger partial charge in [0.05, 0.1) is 24.8 Å². The van der Waals surface area contributed by atoms with Crippen molar-refractivity contribution in [1.29, 1.82) is 0 Å². The molecule has 0 radical (unpaired) electrons. The molecule has 0 bridgehead atoms. The molecule has 0 fully saturated rings. The highest BCUT2D eigenvalue weighted by Gasteiger charge is 2.21. The summed E-state index contributed by atoms with van der Waals surface area (Å²) in [5, 5.41) is 3.93. The smallest absolute Gasteiger partial charge is 0.260 e. The Labute approximate surface area is 157 Å². The van der Waals surface area contributed by atoms with Gasteiger partial charge in [-0.3, -0.25) is 9.10 Å². The summed E-state index contributed by atoms with van der Waals surface area (Å²) >= 11 is 0. The van der Waals surface area contributed by atoms with Gasteiger partial charge in [0.25, 0.3) is 5.91 Å². The minimum atomic E-state index is -3.71. The number of carbonyl (C=O) groups is 1. The fraction of sp³-hybridized carbons (Fsp3) is 0.222. The summed E-state index contributed by atoms with van der Waals surface area (Å²) in [6.07, 6.45) is 1.01. The van der Waals surface area contributed by atoms with Crippen LogP contribution in [0.5, 0.6) is 5.75 Å². The van der Waals surface area contributed by atoms with Crippen LogP contribution in [0.25, 0.3) is 0 Å². The quantitative estimate of drug-likeness (QED) is 0.577. The minimum absolute atomic E-state index is 0.297. The van der Waals surface area contributed by atoms with Crippen molar-refractivity contribution in [3.63, 3.8) is 0 Å². The Bertz CT molecular complexity index is 943. The number of methoxy groups -OCH3 is 1. The van der Waals surface area contributed by atoms with Crippen LogP contribution in [0.2, 0.25) is 0 Å². The third-order valence-corrected chi connectivity index (χ3v) is 4.78. The molecule has 0 aromatic heterocycles. The molecule has 1 amide bonds. The highest BCUT2D eigenvalue weighted by Crippen LogP contribution is 2.22. The van der Waals surface area contributed by atoms with Gasteiger partial charge in [0.15, 0.2) is 0 Å². The lowest BCUT2D eigenvalue weighted by Gasteiger charge is -2.21. The van der Waals surface area contributed by atoms with Gasteiger partial charge in [-0.1, -0.05) is 18.2 Å². The molecule has 2 aromatic rings. The third kappa shape index (κ3) is 5.78. The first-order valence-corrected chi connectivity index (χ1v) is 9.76. The van der Waals surface area contributed by atoms with E-state index in [1.54, 1.807) is 25.1 Å². The molecule has 0 heterocycles. The molecule has 27 heavy (non-hydrogen) atoms. The Hall–Kier alpha value is -2.94. The molecule has 0 aliphatic rings. The SMILES string of the molecule is COc1cccc(N(CC(=O)N/N=C(/C)c2ccc(F)cc2)S(C)(=O)=O)c1. The van der Waals surface area contributed by atoms with E-state index in [0.29, 0.717) is 22.7 Å². The van der Waals surface area contributed by atoms with Gasteiger partial charge < -0.3 is 4.74 Å². The number of nitrogens with zero attached hydrogens (tertiary/aromatic N) is 2. The summed E-state index contributed by atoms with van der Waals surface area (Å²) in [5.74, 6) is -0.533. The molecular formula is C18H20FN3O4S. The van der Waals surface area contributed by atoms with E-state index in [9.17, 15) is 17.6 Å². The van der Waals surface area contributed by atoms with Crippen molar-refractivity contribution in [3.8, 4) is 5.75 Å². The van der Waals surface area contributed by atoms with Crippen LogP contribution < -0.4 is 14.5 Å². The van der Waals surface area contributed by atoms with Gasteiger partial charge in [-0.05, 0) is 36.8 Å². The second-order valence-corrected chi connectivity index (χ2v) is 7.62. The first kappa shape index (κ1) is 20.4. The molecule has 0 aliphatic carbocycles. The van der Waals surface area contributed by atoms with E-state index in [1.807, 2.05) is 0 Å². The minimum Gasteiger partial charge on any atom is -0.497 e. The molecule has 0 unspecified atom stereocenters. The van der Waals surface area contributed by atoms with Crippen LogP contribution >= 0.6 is 0 Å². The molecule has 144 valence electrons. The number of hydrazone groups is 1. The van der Waals surface area contributed by atoms with E-state index in [2.05, 4.69) is 10.5 Å². The van der Waals surface area contributed by atoms with Crippen LogP contribution in [0, 0.1) is 5.82 Å². The Morgan fingerprint density at radius 2 is 1.89 bits per heavy atom. The molecule has 0 saturated carbocycles. The fourth-order valence-electron chi connectivity index (χ4n) is 2.23. The lowest BCUT2D eigenvalue weighted by molar-refractivity contribution is -0.119. The maximum Gasteiger partial charge on any atom is 0.260 e. The van der Waals surface area contributed by atoms with Gasteiger partial charge in [-0.15, -0.1) is 0 Å². The number of nitrogens with one attached hydrogen (secondary N) is 1. The van der Waals surface area contributed by atoms with Crippen LogP contribution in [-0.2, 0) is 14.8 Å².